The molecule has 0 aliphatic heterocycles. The van der Waals surface area contributed by atoms with Gasteiger partial charge in [0.25, 0.3) is 0 Å². The summed E-state index contributed by atoms with van der Waals surface area (Å²) in [5.41, 5.74) is -0.150. The normalized spacial score (nSPS) is 10.1. The minimum Gasteiger partial charge on any atom is -0.496 e. The molecule has 1 aromatic heterocycles. The molecule has 1 N–H and O–H groups in total. The van der Waals surface area contributed by atoms with Gasteiger partial charge in [-0.25, -0.2) is 0 Å². The lowest BCUT2D eigenvalue weighted by Gasteiger charge is -2.06. The first-order valence-electron chi connectivity index (χ1n) is 5.59. The molecular formula is C11H12N4O4S. The number of hydrogen-bond donors (Lipinski definition) is 1. The van der Waals surface area contributed by atoms with Crippen LogP contribution in [0.1, 0.15) is 5.01 Å². The molecule has 0 bridgehead atoms. The number of nitrogens with one attached hydrogen (secondary N) is 1. The number of anilines is 1. The third-order valence-corrected chi connectivity index (χ3v) is 3.31. The number of hydrogen-bond acceptors (Lipinski definition) is 8. The SMILES string of the molecule is CNc1nnc(COc2ccc(OC)cc2[N+](=O)[O-])s1. The van der Waals surface area contributed by atoms with Gasteiger partial charge < -0.3 is 14.8 Å². The van der Waals surface area contributed by atoms with E-state index in [1.165, 1.54) is 30.6 Å². The first-order chi connectivity index (χ1) is 9.63. The molecule has 0 radical (unpaired) electrons. The second-order valence-corrected chi connectivity index (χ2v) is 4.69. The molecule has 0 atom stereocenters. The number of aromatic nitrogens is 2. The van der Waals surface area contributed by atoms with E-state index in [1.807, 2.05) is 0 Å². The number of rotatable bonds is 6. The number of nitro benzene ring substituents is 1. The smallest absolute Gasteiger partial charge is 0.314 e. The fourth-order valence-electron chi connectivity index (χ4n) is 1.44. The number of nitrogens with zero attached hydrogens (tertiary/aromatic N) is 3. The molecule has 0 aliphatic carbocycles. The minimum atomic E-state index is -0.517. The van der Waals surface area contributed by atoms with E-state index < -0.39 is 4.92 Å². The van der Waals surface area contributed by atoms with E-state index in [0.29, 0.717) is 15.9 Å². The molecule has 0 saturated heterocycles. The molecule has 1 aromatic carbocycles. The van der Waals surface area contributed by atoms with Crippen molar-refractivity contribution < 1.29 is 14.4 Å². The number of ether oxygens (including phenoxy) is 2. The molecule has 0 fully saturated rings. The molecule has 2 aromatic rings. The van der Waals surface area contributed by atoms with Crippen LogP contribution in [0, 0.1) is 10.1 Å². The summed E-state index contributed by atoms with van der Waals surface area (Å²) in [6.07, 6.45) is 0. The number of nitro groups is 1. The first-order valence-corrected chi connectivity index (χ1v) is 6.41. The zero-order valence-corrected chi connectivity index (χ0v) is 11.6. The average molecular weight is 296 g/mol. The third kappa shape index (κ3) is 3.12. The van der Waals surface area contributed by atoms with Gasteiger partial charge in [0.1, 0.15) is 12.4 Å². The molecule has 0 aliphatic rings. The van der Waals surface area contributed by atoms with Gasteiger partial charge in [0.15, 0.2) is 10.8 Å². The first kappa shape index (κ1) is 14.0. The predicted molar refractivity (Wildman–Crippen MR) is 73.4 cm³/mol. The standard InChI is InChI=1S/C11H12N4O4S/c1-12-11-14-13-10(20-11)6-19-9-4-3-7(18-2)5-8(9)15(16)17/h3-5H,6H2,1-2H3,(H,12,14). The molecular weight excluding hydrogens is 284 g/mol. The van der Waals surface area contributed by atoms with E-state index >= 15 is 0 Å². The van der Waals surface area contributed by atoms with Gasteiger partial charge in [-0.05, 0) is 12.1 Å². The maximum Gasteiger partial charge on any atom is 0.314 e. The summed E-state index contributed by atoms with van der Waals surface area (Å²) in [6.45, 7) is 0.118. The highest BCUT2D eigenvalue weighted by atomic mass is 32.1. The zero-order valence-electron chi connectivity index (χ0n) is 10.8. The highest BCUT2D eigenvalue weighted by molar-refractivity contribution is 7.15. The van der Waals surface area contributed by atoms with Gasteiger partial charge in [-0.15, -0.1) is 10.2 Å². The fourth-order valence-corrected chi connectivity index (χ4v) is 2.05. The van der Waals surface area contributed by atoms with Crippen LogP contribution in [0.15, 0.2) is 18.2 Å². The molecule has 106 valence electrons. The van der Waals surface area contributed by atoms with Gasteiger partial charge >= 0.3 is 5.69 Å². The second-order valence-electron chi connectivity index (χ2n) is 3.63. The zero-order chi connectivity index (χ0) is 14.5. The van der Waals surface area contributed by atoms with Crippen LogP contribution in [0.2, 0.25) is 0 Å². The van der Waals surface area contributed by atoms with Crippen LogP contribution in [0.4, 0.5) is 10.8 Å². The molecule has 0 unspecified atom stereocenters. The van der Waals surface area contributed by atoms with Crippen molar-refractivity contribution in [3.63, 3.8) is 0 Å². The van der Waals surface area contributed by atoms with Crippen molar-refractivity contribution in [1.29, 1.82) is 0 Å². The molecule has 2 rings (SSSR count). The van der Waals surface area contributed by atoms with Crippen molar-refractivity contribution in [2.75, 3.05) is 19.5 Å². The van der Waals surface area contributed by atoms with Crippen LogP contribution >= 0.6 is 11.3 Å². The van der Waals surface area contributed by atoms with Crippen molar-refractivity contribution in [2.24, 2.45) is 0 Å². The maximum absolute atomic E-state index is 11.0. The average Bonchev–Trinajstić information content (AvgIpc) is 2.92. The van der Waals surface area contributed by atoms with Gasteiger partial charge in [-0.2, -0.15) is 0 Å². The van der Waals surface area contributed by atoms with Crippen molar-refractivity contribution in [3.8, 4) is 11.5 Å². The molecule has 1 heterocycles. The fraction of sp³-hybridized carbons (Fsp3) is 0.273. The van der Waals surface area contributed by atoms with Crippen LogP contribution in [-0.2, 0) is 6.61 Å². The Bertz CT molecular complexity index is 616. The second kappa shape index (κ2) is 6.15. The van der Waals surface area contributed by atoms with Crippen molar-refractivity contribution in [3.05, 3.63) is 33.3 Å². The number of benzene rings is 1. The summed E-state index contributed by atoms with van der Waals surface area (Å²) < 4.78 is 10.4. The Morgan fingerprint density at radius 1 is 1.45 bits per heavy atom. The lowest BCUT2D eigenvalue weighted by atomic mass is 10.3. The van der Waals surface area contributed by atoms with Crippen LogP contribution in [0.25, 0.3) is 0 Å². The highest BCUT2D eigenvalue weighted by Gasteiger charge is 2.17. The largest absolute Gasteiger partial charge is 0.496 e. The summed E-state index contributed by atoms with van der Waals surface area (Å²) in [5, 5.41) is 22.9. The topological polar surface area (TPSA) is 99.4 Å². The van der Waals surface area contributed by atoms with Gasteiger partial charge in [0.2, 0.25) is 5.13 Å². The van der Waals surface area contributed by atoms with Crippen LogP contribution in [0.5, 0.6) is 11.5 Å². The minimum absolute atomic E-state index is 0.118. The maximum atomic E-state index is 11.0. The Balaban J connectivity index is 2.14. The Morgan fingerprint density at radius 2 is 2.25 bits per heavy atom. The summed E-state index contributed by atoms with van der Waals surface area (Å²) in [4.78, 5) is 10.5. The molecule has 8 nitrogen and oxygen atoms in total. The van der Waals surface area contributed by atoms with Gasteiger partial charge in [-0.1, -0.05) is 11.3 Å². The van der Waals surface area contributed by atoms with Crippen LogP contribution in [0.3, 0.4) is 0 Å². The summed E-state index contributed by atoms with van der Waals surface area (Å²) >= 11 is 1.32. The quantitative estimate of drug-likeness (QED) is 0.643. The van der Waals surface area contributed by atoms with Crippen molar-refractivity contribution in [1.82, 2.24) is 10.2 Å². The summed E-state index contributed by atoms with van der Waals surface area (Å²) in [5.74, 6) is 0.564. The molecule has 0 spiro atoms. The van der Waals surface area contributed by atoms with Crippen LogP contribution < -0.4 is 14.8 Å². The van der Waals surface area contributed by atoms with Gasteiger partial charge in [0, 0.05) is 7.05 Å². The van der Waals surface area contributed by atoms with Crippen molar-refractivity contribution >= 4 is 22.2 Å². The van der Waals surface area contributed by atoms with E-state index in [2.05, 4.69) is 15.5 Å². The summed E-state index contributed by atoms with van der Waals surface area (Å²) in [6, 6.07) is 4.41. The number of methoxy groups -OCH3 is 1. The lowest BCUT2D eigenvalue weighted by molar-refractivity contribution is -0.386. The molecule has 9 heteroatoms. The summed E-state index contributed by atoms with van der Waals surface area (Å²) in [7, 11) is 3.18. The monoisotopic (exact) mass is 296 g/mol. The highest BCUT2D eigenvalue weighted by Crippen LogP contribution is 2.31. The third-order valence-electron chi connectivity index (χ3n) is 2.39. The van der Waals surface area contributed by atoms with Crippen molar-refractivity contribution in [2.45, 2.75) is 6.61 Å². The van der Waals surface area contributed by atoms with Crippen LogP contribution in [-0.4, -0.2) is 29.3 Å². The van der Waals surface area contributed by atoms with E-state index in [1.54, 1.807) is 13.1 Å². The Labute approximate surface area is 118 Å². The molecule has 20 heavy (non-hydrogen) atoms. The van der Waals surface area contributed by atoms with Gasteiger partial charge in [-0.3, -0.25) is 10.1 Å². The van der Waals surface area contributed by atoms with E-state index in [0.717, 1.165) is 0 Å². The Morgan fingerprint density at radius 3 is 2.85 bits per heavy atom. The van der Waals surface area contributed by atoms with Gasteiger partial charge in [0.05, 0.1) is 18.1 Å². The predicted octanol–water partition coefficient (Wildman–Crippen LogP) is 2.08. The van der Waals surface area contributed by atoms with E-state index in [9.17, 15) is 10.1 Å². The lowest BCUT2D eigenvalue weighted by Crippen LogP contribution is -1.99. The Kier molecular flexibility index (Phi) is 4.31. The van der Waals surface area contributed by atoms with E-state index in [4.69, 9.17) is 9.47 Å². The van der Waals surface area contributed by atoms with E-state index in [-0.39, 0.29) is 18.0 Å². The molecule has 0 saturated carbocycles. The molecule has 0 amide bonds. The Hall–Kier alpha value is -2.42.